The van der Waals surface area contributed by atoms with Gasteiger partial charge in [-0.2, -0.15) is 0 Å². The molecule has 0 aliphatic heterocycles. The molecular weight excluding hydrogens is 835 g/mol. The zero-order chi connectivity index (χ0) is 47.4. The number of rotatable bonds is 16. The molecule has 0 heterocycles. The molecule has 4 aliphatic carbocycles. The molecule has 0 unspecified atom stereocenters. The Morgan fingerprint density at radius 1 is 0.348 bits per heavy atom. The third-order valence-electron chi connectivity index (χ3n) is 16.8. The van der Waals surface area contributed by atoms with Crippen molar-refractivity contribution >= 4 is 26.5 Å². The molecule has 4 aliphatic rings. The van der Waals surface area contributed by atoms with E-state index in [2.05, 4.69) is 127 Å². The van der Waals surface area contributed by atoms with Crippen LogP contribution in [0.2, 0.25) is 0 Å². The summed E-state index contributed by atoms with van der Waals surface area (Å²) >= 11 is 0. The minimum atomic E-state index is -0.497. The van der Waals surface area contributed by atoms with Crippen molar-refractivity contribution in [2.75, 3.05) is 0 Å². The Morgan fingerprint density at radius 2 is 0.606 bits per heavy atom. The zero-order valence-corrected chi connectivity index (χ0v) is 47.0. The summed E-state index contributed by atoms with van der Waals surface area (Å²) in [5.41, 5.74) is 18.8. The van der Waals surface area contributed by atoms with Gasteiger partial charge in [-0.3, -0.25) is 0 Å². The van der Waals surface area contributed by atoms with Gasteiger partial charge in [0.2, 0.25) is 0 Å². The van der Waals surface area contributed by atoms with E-state index in [1.165, 1.54) is 145 Å². The van der Waals surface area contributed by atoms with E-state index >= 15 is 0 Å². The second kappa shape index (κ2) is 23.5. The van der Waals surface area contributed by atoms with Gasteiger partial charge >= 0.3 is 0 Å². The van der Waals surface area contributed by atoms with Gasteiger partial charge in [0, 0.05) is 10.6 Å². The lowest BCUT2D eigenvalue weighted by Crippen LogP contribution is -2.35. The van der Waals surface area contributed by atoms with Crippen LogP contribution in [0.3, 0.4) is 0 Å². The van der Waals surface area contributed by atoms with Crippen LogP contribution in [0.5, 0.6) is 5.75 Å². The highest BCUT2D eigenvalue weighted by Gasteiger charge is 2.43. The van der Waals surface area contributed by atoms with E-state index in [-0.39, 0.29) is 6.10 Å². The first-order valence-corrected chi connectivity index (χ1v) is 31.3. The lowest BCUT2D eigenvalue weighted by Gasteiger charge is -2.44. The van der Waals surface area contributed by atoms with Gasteiger partial charge in [-0.1, -0.05) is 200 Å². The van der Waals surface area contributed by atoms with Crippen molar-refractivity contribution in [3.63, 3.8) is 0 Å². The summed E-state index contributed by atoms with van der Waals surface area (Å²) < 4.78 is 8.08. The third-order valence-corrected chi connectivity index (χ3v) is 23.9. The first-order valence-electron chi connectivity index (χ1n) is 28.4. The van der Waals surface area contributed by atoms with Gasteiger partial charge < -0.3 is 4.74 Å². The minimum absolute atomic E-state index is 0.115. The lowest BCUT2D eigenvalue weighted by atomic mass is 9.79. The van der Waals surface area contributed by atoms with Gasteiger partial charge in [0.1, 0.15) is 5.75 Å². The van der Waals surface area contributed by atoms with Crippen molar-refractivity contribution in [2.45, 2.75) is 290 Å². The molecule has 3 aromatic rings. The molecule has 0 spiro atoms. The van der Waals surface area contributed by atoms with Gasteiger partial charge in [-0.05, 0) is 185 Å². The Balaban J connectivity index is 1.78. The minimum Gasteiger partial charge on any atom is -0.490 e. The van der Waals surface area contributed by atoms with Crippen molar-refractivity contribution in [2.24, 2.45) is 0 Å². The van der Waals surface area contributed by atoms with Crippen LogP contribution in [-0.4, -0.2) is 28.7 Å². The van der Waals surface area contributed by atoms with Crippen molar-refractivity contribution in [1.82, 2.24) is 0 Å². The first kappa shape index (κ1) is 52.2. The summed E-state index contributed by atoms with van der Waals surface area (Å²) in [6.07, 6.45) is 28.3. The quantitative estimate of drug-likeness (QED) is 0.130. The molecule has 4 saturated carbocycles. The predicted molar refractivity (Wildman–Crippen MR) is 298 cm³/mol. The van der Waals surface area contributed by atoms with Crippen LogP contribution in [0.25, 0.3) is 22.3 Å². The van der Waals surface area contributed by atoms with Crippen molar-refractivity contribution in [1.29, 1.82) is 0 Å². The van der Waals surface area contributed by atoms with Gasteiger partial charge in [-0.25, -0.2) is 0 Å². The fourth-order valence-corrected chi connectivity index (χ4v) is 21.3. The molecule has 3 heteroatoms. The third kappa shape index (κ3) is 11.6. The summed E-state index contributed by atoms with van der Waals surface area (Å²) in [5.74, 6) is 4.09. The Labute approximate surface area is 410 Å². The summed E-state index contributed by atoms with van der Waals surface area (Å²) in [6.45, 7) is 34.5. The number of benzene rings is 3. The molecule has 66 heavy (non-hydrogen) atoms. The summed E-state index contributed by atoms with van der Waals surface area (Å²) in [6, 6.07) is 13.7. The van der Waals surface area contributed by atoms with Crippen molar-refractivity contribution < 1.29 is 4.74 Å². The second-order valence-corrected chi connectivity index (χ2v) is 29.7. The van der Waals surface area contributed by atoms with E-state index < -0.39 is 15.8 Å². The van der Waals surface area contributed by atoms with Crippen molar-refractivity contribution in [3.8, 4) is 28.0 Å². The molecule has 0 radical (unpaired) electrons. The highest BCUT2D eigenvalue weighted by atomic mass is 31.1. The Kier molecular flexibility index (Phi) is 18.6. The lowest BCUT2D eigenvalue weighted by molar-refractivity contribution is 0.246. The molecular formula is C63H98OP2. The smallest absolute Gasteiger partial charge is 0.136 e. The van der Waals surface area contributed by atoms with Gasteiger partial charge in [0.15, 0.2) is 0 Å². The number of ether oxygens (including phenoxy) is 1. The summed E-state index contributed by atoms with van der Waals surface area (Å²) in [7, 11) is -0.994. The molecule has 0 atom stereocenters. The first-order chi connectivity index (χ1) is 31.6. The average Bonchev–Trinajstić information content (AvgIpc) is 3.30. The Bertz CT molecular complexity index is 1790. The SMILES string of the molecule is CC(C)Oc1c(P(C2CCCCC2)C2CCCCC2)c(-c2c(C(C)C)cc(C(C)C)cc2C(C)C)cc(-c2c(C(C)C)cc(C(C)C)cc2C(C)C)c1P(C1CCCCC1)C1CCCCC1. The predicted octanol–water partition coefficient (Wildman–Crippen LogP) is 20.1. The normalized spacial score (nSPS) is 19.1. The largest absolute Gasteiger partial charge is 0.490 e. The van der Waals surface area contributed by atoms with Gasteiger partial charge in [-0.15, -0.1) is 0 Å². The topological polar surface area (TPSA) is 9.23 Å². The molecule has 3 aromatic carbocycles. The molecule has 0 N–H and O–H groups in total. The molecule has 0 amide bonds. The van der Waals surface area contributed by atoms with Gasteiger partial charge in [0.05, 0.1) is 6.10 Å². The molecule has 4 fully saturated rings. The van der Waals surface area contributed by atoms with E-state index in [1.54, 1.807) is 55.1 Å². The molecule has 0 saturated heterocycles. The fourth-order valence-electron chi connectivity index (χ4n) is 13.2. The maximum Gasteiger partial charge on any atom is 0.136 e. The van der Waals surface area contributed by atoms with Crippen LogP contribution in [0, 0.1) is 0 Å². The standard InChI is InChI=1S/C63H98OP2/c1-40(2)47-35-53(42(5)6)59(54(36-47)43(7)8)57-39-58(60-55(44(9)10)37-48(41(3)4)38-56(60)45(11)12)63(66(51-31-23-17-24-32-51)52-33-25-18-26-34-52)61(64-46(13)14)62(57)65(49-27-19-15-20-28-49)50-29-21-16-22-30-50/h35-46,49-52H,15-34H2,1-14H3. The molecule has 0 bridgehead atoms. The van der Waals surface area contributed by atoms with Gasteiger partial charge in [0.25, 0.3) is 0 Å². The van der Waals surface area contributed by atoms with E-state index in [4.69, 9.17) is 4.74 Å². The summed E-state index contributed by atoms with van der Waals surface area (Å²) in [4.78, 5) is 0. The zero-order valence-electron chi connectivity index (χ0n) is 45.2. The highest BCUT2D eigenvalue weighted by molar-refractivity contribution is 7.69. The van der Waals surface area contributed by atoms with E-state index in [9.17, 15) is 0 Å². The number of hydrogen-bond donors (Lipinski definition) is 0. The maximum atomic E-state index is 8.08. The summed E-state index contributed by atoms with van der Waals surface area (Å²) in [5, 5.41) is 3.51. The van der Waals surface area contributed by atoms with Crippen LogP contribution in [-0.2, 0) is 0 Å². The second-order valence-electron chi connectivity index (χ2n) is 24.2. The molecule has 7 rings (SSSR count). The number of hydrogen-bond acceptors (Lipinski definition) is 1. The van der Waals surface area contributed by atoms with Crippen LogP contribution in [0.4, 0.5) is 0 Å². The van der Waals surface area contributed by atoms with E-state index in [1.807, 2.05) is 0 Å². The van der Waals surface area contributed by atoms with Crippen LogP contribution >= 0.6 is 15.8 Å². The molecule has 1 nitrogen and oxygen atoms in total. The van der Waals surface area contributed by atoms with Crippen molar-refractivity contribution in [3.05, 3.63) is 63.7 Å². The molecule has 366 valence electrons. The van der Waals surface area contributed by atoms with Crippen LogP contribution in [0.1, 0.15) is 294 Å². The maximum absolute atomic E-state index is 8.08. The Morgan fingerprint density at radius 3 is 0.818 bits per heavy atom. The molecule has 0 aromatic heterocycles. The monoisotopic (exact) mass is 933 g/mol. The van der Waals surface area contributed by atoms with Crippen LogP contribution in [0.15, 0.2) is 30.3 Å². The average molecular weight is 933 g/mol. The Hall–Kier alpha value is -1.68. The highest BCUT2D eigenvalue weighted by Crippen LogP contribution is 2.63. The van der Waals surface area contributed by atoms with E-state index in [0.717, 1.165) is 22.6 Å². The fraction of sp³-hybridized carbons (Fsp3) is 0.714. The van der Waals surface area contributed by atoms with E-state index in [0.29, 0.717) is 35.5 Å². The van der Waals surface area contributed by atoms with Crippen LogP contribution < -0.4 is 15.3 Å².